The van der Waals surface area contributed by atoms with Crippen molar-refractivity contribution in [1.82, 2.24) is 0 Å². The Morgan fingerprint density at radius 1 is 0.550 bits per heavy atom. The molecule has 0 radical (unpaired) electrons. The molecule has 0 fully saturated rings. The minimum atomic E-state index is -8.68. The summed E-state index contributed by atoms with van der Waals surface area (Å²) in [7, 11) is -17.4. The molecule has 1 atom stereocenters. The summed E-state index contributed by atoms with van der Waals surface area (Å²) in [6, 6.07) is 0. The Morgan fingerprint density at radius 3 is 1.02 bits per heavy atom. The maximum atomic E-state index is 14.2. The number of aliphatic hydroxyl groups excluding tert-OH is 1. The number of hydrogen-bond acceptors (Lipinski definition) is 5. The number of sulfone groups is 2. The number of rotatable bonds is 13. The van der Waals surface area contributed by atoms with Crippen LogP contribution in [0.3, 0.4) is 0 Å². The Balaban J connectivity index is 7.70. The maximum Gasteiger partial charge on any atom is 0.460 e. The molecule has 5 nitrogen and oxygen atoms in total. The number of halogens is 18. The molecule has 242 valence electrons. The van der Waals surface area contributed by atoms with Crippen molar-refractivity contribution in [3.8, 4) is 0 Å². The molecule has 40 heavy (non-hydrogen) atoms. The van der Waals surface area contributed by atoms with E-state index in [1.165, 1.54) is 0 Å². The summed E-state index contributed by atoms with van der Waals surface area (Å²) in [5.74, 6) is -35.2. The van der Waals surface area contributed by atoms with Crippen molar-refractivity contribution < 1.29 is 101 Å². The van der Waals surface area contributed by atoms with E-state index in [9.17, 15) is 95.9 Å². The lowest BCUT2D eigenvalue weighted by Gasteiger charge is -2.38. The highest BCUT2D eigenvalue weighted by Crippen LogP contribution is 2.59. The Morgan fingerprint density at radius 2 is 0.825 bits per heavy atom. The van der Waals surface area contributed by atoms with E-state index in [1.54, 1.807) is 0 Å². The fourth-order valence-electron chi connectivity index (χ4n) is 2.77. The third kappa shape index (κ3) is 5.53. The Bertz CT molecular complexity index is 1030. The molecule has 0 aliphatic carbocycles. The van der Waals surface area contributed by atoms with Gasteiger partial charge in [0, 0.05) is 6.61 Å². The molecule has 0 aromatic rings. The minimum absolute atomic E-state index is 0.728. The van der Waals surface area contributed by atoms with Gasteiger partial charge in [-0.1, -0.05) is 13.3 Å². The van der Waals surface area contributed by atoms with Gasteiger partial charge in [-0.3, -0.25) is 0 Å². The third-order valence-electron chi connectivity index (χ3n) is 5.28. The van der Waals surface area contributed by atoms with Gasteiger partial charge in [0.1, 0.15) is 0 Å². The monoisotopic (exact) mass is 680 g/mol. The lowest BCUT2D eigenvalue weighted by atomic mass is 10.0. The van der Waals surface area contributed by atoms with Crippen LogP contribution in [0.5, 0.6) is 0 Å². The lowest BCUT2D eigenvalue weighted by molar-refractivity contribution is -0.382. The molecule has 0 aromatic heterocycles. The molecule has 0 saturated heterocycles. The van der Waals surface area contributed by atoms with Gasteiger partial charge in [-0.05, 0) is 18.8 Å². The molecule has 1 N–H and O–H groups in total. The SMILES string of the molecule is CCC(CCO)CC(S(=O)(=O)C(F)(F)C(F)(F)C(F)(F)C(F)(F)F)S(=O)(=O)C(F)(F)C(F)(F)C(F)(F)C(F)(F)F. The predicted octanol–water partition coefficient (Wildman–Crippen LogP) is 5.79. The molecule has 0 spiro atoms. The van der Waals surface area contributed by atoms with Crippen molar-refractivity contribution in [1.29, 1.82) is 0 Å². The zero-order valence-electron chi connectivity index (χ0n) is 18.7. The van der Waals surface area contributed by atoms with Crippen molar-refractivity contribution in [3.05, 3.63) is 0 Å². The summed E-state index contributed by atoms with van der Waals surface area (Å²) in [6.07, 6.45) is -20.4. The molecule has 0 amide bonds. The maximum absolute atomic E-state index is 14.2. The van der Waals surface area contributed by atoms with Crippen LogP contribution in [0.1, 0.15) is 26.2 Å². The van der Waals surface area contributed by atoms with Crippen molar-refractivity contribution in [3.63, 3.8) is 0 Å². The smallest absolute Gasteiger partial charge is 0.396 e. The normalized spacial score (nSPS) is 16.9. The first-order valence-corrected chi connectivity index (χ1v) is 12.7. The highest BCUT2D eigenvalue weighted by Gasteiger charge is 2.89. The minimum Gasteiger partial charge on any atom is -0.396 e. The van der Waals surface area contributed by atoms with E-state index in [1.807, 2.05) is 0 Å². The predicted molar refractivity (Wildman–Crippen MR) is 93.5 cm³/mol. The van der Waals surface area contributed by atoms with Gasteiger partial charge >= 0.3 is 46.6 Å². The summed E-state index contributed by atoms with van der Waals surface area (Å²) in [4.78, 5) is 0. The Labute approximate surface area is 211 Å². The molecular formula is C15H14F18O5S2. The molecule has 0 aromatic carbocycles. The summed E-state index contributed by atoms with van der Waals surface area (Å²) < 4.78 is 282. The van der Waals surface area contributed by atoms with Gasteiger partial charge in [0.05, 0.1) is 0 Å². The van der Waals surface area contributed by atoms with Gasteiger partial charge < -0.3 is 5.11 Å². The quantitative estimate of drug-likeness (QED) is 0.249. The van der Waals surface area contributed by atoms with Crippen LogP contribution in [0.15, 0.2) is 0 Å². The summed E-state index contributed by atoms with van der Waals surface area (Å²) in [5, 5.41) is -7.55. The van der Waals surface area contributed by atoms with Crippen LogP contribution in [0.4, 0.5) is 79.0 Å². The molecule has 0 bridgehead atoms. The second-order valence-electron chi connectivity index (χ2n) is 7.87. The fourth-order valence-corrected chi connectivity index (χ4v) is 7.51. The van der Waals surface area contributed by atoms with E-state index < -0.39 is 103 Å². The number of aliphatic hydroxyl groups is 1. The molecular weight excluding hydrogens is 666 g/mol. The molecule has 25 heteroatoms. The van der Waals surface area contributed by atoms with Crippen LogP contribution in [0, 0.1) is 5.92 Å². The van der Waals surface area contributed by atoms with Crippen LogP contribution >= 0.6 is 0 Å². The molecule has 0 rings (SSSR count). The molecule has 0 heterocycles. The van der Waals surface area contributed by atoms with Crippen molar-refractivity contribution in [2.24, 2.45) is 5.92 Å². The van der Waals surface area contributed by atoms with E-state index in [-0.39, 0.29) is 0 Å². The van der Waals surface area contributed by atoms with Gasteiger partial charge in [0.2, 0.25) is 19.7 Å². The van der Waals surface area contributed by atoms with E-state index in [0.29, 0.717) is 0 Å². The average Bonchev–Trinajstić information content (AvgIpc) is 2.73. The van der Waals surface area contributed by atoms with Gasteiger partial charge in [0.25, 0.3) is 0 Å². The average molecular weight is 680 g/mol. The van der Waals surface area contributed by atoms with Crippen LogP contribution in [0.25, 0.3) is 0 Å². The summed E-state index contributed by atoms with van der Waals surface area (Å²) >= 11 is 0. The van der Waals surface area contributed by atoms with Crippen LogP contribution in [0.2, 0.25) is 0 Å². The summed E-state index contributed by atoms with van der Waals surface area (Å²) in [6.45, 7) is -0.589. The van der Waals surface area contributed by atoms with E-state index >= 15 is 0 Å². The third-order valence-corrected chi connectivity index (χ3v) is 10.5. The van der Waals surface area contributed by atoms with E-state index in [4.69, 9.17) is 5.11 Å². The van der Waals surface area contributed by atoms with Crippen molar-refractivity contribution in [2.45, 2.75) is 77.3 Å². The highest BCUT2D eigenvalue weighted by atomic mass is 32.3. The van der Waals surface area contributed by atoms with Crippen LogP contribution in [-0.4, -0.2) is 79.7 Å². The first-order valence-electron chi connectivity index (χ1n) is 9.60. The van der Waals surface area contributed by atoms with Gasteiger partial charge in [-0.15, -0.1) is 0 Å². The van der Waals surface area contributed by atoms with Gasteiger partial charge in [-0.2, -0.15) is 79.0 Å². The molecule has 0 saturated carbocycles. The van der Waals surface area contributed by atoms with Crippen molar-refractivity contribution >= 4 is 19.7 Å². The lowest BCUT2D eigenvalue weighted by Crippen LogP contribution is -2.68. The standard InChI is InChI=1S/C15H14F18O5S2/c1-2-6(3-4-34)5-7(39(35,36)14(30,31)10(20,21)8(16,17)12(24,25)26)40(37,38)15(32,33)11(22,23)9(18,19)13(27,28)29/h6-7,34H,2-5H2,1H3. The number of hydrogen-bond donors (Lipinski definition) is 1. The first kappa shape index (κ1) is 38.6. The number of alkyl halides is 18. The van der Waals surface area contributed by atoms with Crippen LogP contribution in [-0.2, 0) is 19.7 Å². The van der Waals surface area contributed by atoms with Gasteiger partial charge in [0.15, 0.2) is 4.58 Å². The highest BCUT2D eigenvalue weighted by molar-refractivity contribution is 8.10. The first-order chi connectivity index (χ1) is 17.1. The van der Waals surface area contributed by atoms with E-state index in [0.717, 1.165) is 6.92 Å². The van der Waals surface area contributed by atoms with Crippen LogP contribution < -0.4 is 0 Å². The zero-order chi connectivity index (χ0) is 33.0. The molecule has 0 aliphatic rings. The second-order valence-corrected chi connectivity index (χ2v) is 12.5. The Kier molecular flexibility index (Phi) is 10.3. The zero-order valence-corrected chi connectivity index (χ0v) is 20.3. The molecule has 0 aliphatic heterocycles. The molecule has 1 unspecified atom stereocenters. The fraction of sp³-hybridized carbons (Fsp3) is 1.00. The topological polar surface area (TPSA) is 88.5 Å². The second kappa shape index (κ2) is 10.7. The summed E-state index contributed by atoms with van der Waals surface area (Å²) in [5.41, 5.74) is 0. The van der Waals surface area contributed by atoms with Gasteiger partial charge in [-0.25, -0.2) is 16.8 Å². The Hall–Kier alpha value is -1.40. The largest absolute Gasteiger partial charge is 0.460 e. The van der Waals surface area contributed by atoms with Crippen molar-refractivity contribution in [2.75, 3.05) is 6.61 Å². The van der Waals surface area contributed by atoms with E-state index in [2.05, 4.69) is 0 Å².